The maximum absolute atomic E-state index is 11.8. The molecular formula is C27H33ClNa2O10. The monoisotopic (exact) mass is 598 g/mol. The maximum Gasteiger partial charge on any atom is 1.00 e. The Hall–Kier alpha value is -1.34. The zero-order valence-electron chi connectivity index (χ0n) is 24.8. The van der Waals surface area contributed by atoms with Crippen LogP contribution < -0.4 is 73.8 Å². The fourth-order valence-corrected chi connectivity index (χ4v) is 4.45. The minimum Gasteiger partial charge on any atom is -1.00 e. The zero-order valence-corrected chi connectivity index (χ0v) is 28.5. The number of aliphatic hydroxyl groups is 1. The number of alkyl halides is 1. The Morgan fingerprint density at radius 2 is 1.25 bits per heavy atom. The average molecular weight is 599 g/mol. The standard InChI is InChI=1S/C13H15ClO3.C13H16O4.CH2O3.2Na.H/c2*1-16-11-4-3-10(7-9(11)8-14)13(5-6-13)12(15)17-2;2-1-4-3;;;/h3-4,7H,5-6,8H2,1-2H3;3-4,7,14H,5-6,8H2,1-2H3;1,3H;;;/q;;;2*+1;-1/p-1. The van der Waals surface area contributed by atoms with Crippen molar-refractivity contribution < 1.29 is 109 Å². The maximum atomic E-state index is 11.8. The van der Waals surface area contributed by atoms with Crippen molar-refractivity contribution in [2.24, 2.45) is 0 Å². The van der Waals surface area contributed by atoms with Gasteiger partial charge >= 0.3 is 71.1 Å². The van der Waals surface area contributed by atoms with Crippen LogP contribution in [0.3, 0.4) is 0 Å². The normalized spacial score (nSPS) is 14.5. The first-order valence-electron chi connectivity index (χ1n) is 11.7. The Balaban J connectivity index is 0. The van der Waals surface area contributed by atoms with Crippen molar-refractivity contribution in [2.45, 2.75) is 49.0 Å². The van der Waals surface area contributed by atoms with Crippen molar-refractivity contribution in [1.29, 1.82) is 0 Å². The van der Waals surface area contributed by atoms with Crippen LogP contribution in [0.2, 0.25) is 0 Å². The van der Waals surface area contributed by atoms with Crippen LogP contribution in [0.5, 0.6) is 11.5 Å². The fraction of sp³-hybridized carbons (Fsp3) is 0.444. The second-order valence-electron chi connectivity index (χ2n) is 8.68. The molecule has 2 fully saturated rings. The molecule has 0 unspecified atom stereocenters. The van der Waals surface area contributed by atoms with E-state index in [2.05, 4.69) is 4.89 Å². The molecule has 2 aromatic carbocycles. The van der Waals surface area contributed by atoms with Crippen LogP contribution >= 0.6 is 11.6 Å². The molecule has 2 saturated carbocycles. The second-order valence-corrected chi connectivity index (χ2v) is 8.95. The molecule has 0 amide bonds. The summed E-state index contributed by atoms with van der Waals surface area (Å²) in [6, 6.07) is 11.2. The molecule has 10 nitrogen and oxygen atoms in total. The first-order chi connectivity index (χ1) is 18.3. The van der Waals surface area contributed by atoms with Crippen LogP contribution in [0, 0.1) is 0 Å². The van der Waals surface area contributed by atoms with E-state index in [0.717, 1.165) is 48.1 Å². The Labute approximate surface area is 284 Å². The van der Waals surface area contributed by atoms with Crippen molar-refractivity contribution in [3.8, 4) is 11.5 Å². The van der Waals surface area contributed by atoms with Gasteiger partial charge in [0.05, 0.1) is 51.8 Å². The molecule has 0 radical (unpaired) electrons. The van der Waals surface area contributed by atoms with Gasteiger partial charge in [-0.15, -0.1) is 11.6 Å². The largest absolute Gasteiger partial charge is 1.00 e. The van der Waals surface area contributed by atoms with Gasteiger partial charge in [-0.3, -0.25) is 14.4 Å². The molecule has 40 heavy (non-hydrogen) atoms. The average Bonchev–Trinajstić information content (AvgIpc) is 3.91. The number of aliphatic hydroxyl groups excluding tert-OH is 1. The quantitative estimate of drug-likeness (QED) is 0.0775. The van der Waals surface area contributed by atoms with Crippen LogP contribution in [-0.2, 0) is 52.1 Å². The van der Waals surface area contributed by atoms with Gasteiger partial charge in [-0.05, 0) is 61.1 Å². The van der Waals surface area contributed by atoms with E-state index in [-0.39, 0.29) is 85.6 Å². The van der Waals surface area contributed by atoms with Crippen molar-refractivity contribution in [3.05, 3.63) is 58.7 Å². The van der Waals surface area contributed by atoms with Crippen molar-refractivity contribution in [2.75, 3.05) is 28.4 Å². The molecule has 1 N–H and O–H groups in total. The summed E-state index contributed by atoms with van der Waals surface area (Å²) in [5.74, 6) is 1.39. The smallest absolute Gasteiger partial charge is 1.00 e. The summed E-state index contributed by atoms with van der Waals surface area (Å²) in [5.41, 5.74) is 2.53. The van der Waals surface area contributed by atoms with Crippen molar-refractivity contribution >= 4 is 30.0 Å². The van der Waals surface area contributed by atoms with Crippen molar-refractivity contribution in [3.63, 3.8) is 0 Å². The molecule has 4 rings (SSSR count). The summed E-state index contributed by atoms with van der Waals surface area (Å²) in [6.07, 6.45) is 3.29. The first-order valence-corrected chi connectivity index (χ1v) is 12.2. The molecule has 2 aliphatic rings. The Bertz CT molecular complexity index is 1040. The number of esters is 2. The number of hydrogen-bond acceptors (Lipinski definition) is 10. The van der Waals surface area contributed by atoms with Gasteiger partial charge < -0.3 is 35.6 Å². The van der Waals surface area contributed by atoms with E-state index in [1.54, 1.807) is 20.3 Å². The topological polar surface area (TPSA) is 141 Å². The van der Waals surface area contributed by atoms with Gasteiger partial charge in [-0.2, -0.15) is 0 Å². The van der Waals surface area contributed by atoms with Crippen LogP contribution in [0.1, 0.15) is 49.4 Å². The molecule has 210 valence electrons. The Morgan fingerprint density at radius 1 is 0.875 bits per heavy atom. The minimum atomic E-state index is -0.495. The van der Waals surface area contributed by atoms with E-state index in [0.29, 0.717) is 17.2 Å². The summed E-state index contributed by atoms with van der Waals surface area (Å²) in [5, 5.41) is 17.7. The number of hydrogen-bond donors (Lipinski definition) is 1. The summed E-state index contributed by atoms with van der Waals surface area (Å²) in [7, 11) is 5.99. The van der Waals surface area contributed by atoms with Crippen LogP contribution in [0.15, 0.2) is 36.4 Å². The number of rotatable bonds is 9. The molecule has 2 aliphatic carbocycles. The minimum absolute atomic E-state index is 0. The first kappa shape index (κ1) is 38.7. The number of ether oxygens (including phenoxy) is 4. The van der Waals surface area contributed by atoms with Gasteiger partial charge in [0.2, 0.25) is 0 Å². The number of methoxy groups -OCH3 is 4. The molecule has 2 aromatic rings. The van der Waals surface area contributed by atoms with E-state index in [9.17, 15) is 14.7 Å². The number of halogens is 1. The third-order valence-electron chi connectivity index (χ3n) is 6.67. The van der Waals surface area contributed by atoms with E-state index in [1.165, 1.54) is 14.2 Å². The molecular weight excluding hydrogens is 566 g/mol. The van der Waals surface area contributed by atoms with Gasteiger partial charge in [0.15, 0.2) is 0 Å². The number of benzene rings is 2. The van der Waals surface area contributed by atoms with Crippen LogP contribution in [0.25, 0.3) is 0 Å². The third-order valence-corrected chi connectivity index (χ3v) is 6.96. The molecule has 0 aliphatic heterocycles. The van der Waals surface area contributed by atoms with E-state index >= 15 is 0 Å². The second kappa shape index (κ2) is 18.3. The SMILES string of the molecule is COC(=O)C1(c2ccc(OC)c(CCl)c2)CC1.COC(=O)C1(c2ccc(OC)c(CO)c2)CC1.O=CO[O-].[H-].[Na+].[Na+]. The molecule has 0 heterocycles. The molecule has 0 saturated heterocycles. The number of carbonyl (C=O) groups excluding carboxylic acids is 3. The van der Waals surface area contributed by atoms with Crippen LogP contribution in [0.4, 0.5) is 0 Å². The van der Waals surface area contributed by atoms with Gasteiger partial charge in [-0.1, -0.05) is 12.1 Å². The summed E-state index contributed by atoms with van der Waals surface area (Å²) in [4.78, 5) is 34.7. The molecule has 13 heteroatoms. The summed E-state index contributed by atoms with van der Waals surface area (Å²) in [6.45, 7) is -0.283. The zero-order chi connectivity index (χ0) is 28.3. The van der Waals surface area contributed by atoms with E-state index in [4.69, 9.17) is 40.6 Å². The molecule has 0 spiro atoms. The number of carbonyl (C=O) groups is 3. The summed E-state index contributed by atoms with van der Waals surface area (Å²) < 4.78 is 20.0. The van der Waals surface area contributed by atoms with E-state index < -0.39 is 10.8 Å². The summed E-state index contributed by atoms with van der Waals surface area (Å²) >= 11 is 5.87. The third kappa shape index (κ3) is 9.08. The van der Waals surface area contributed by atoms with Crippen LogP contribution in [-0.4, -0.2) is 52.0 Å². The molecule has 0 atom stereocenters. The predicted molar refractivity (Wildman–Crippen MR) is 136 cm³/mol. The Kier molecular flexibility index (Phi) is 17.6. The van der Waals surface area contributed by atoms with Crippen molar-refractivity contribution in [1.82, 2.24) is 0 Å². The van der Waals surface area contributed by atoms with Gasteiger partial charge in [0.1, 0.15) is 11.5 Å². The molecule has 0 aromatic heterocycles. The van der Waals surface area contributed by atoms with Gasteiger partial charge in [0, 0.05) is 11.1 Å². The van der Waals surface area contributed by atoms with Gasteiger partial charge in [-0.25, -0.2) is 0 Å². The predicted octanol–water partition coefficient (Wildman–Crippen LogP) is -3.41. The van der Waals surface area contributed by atoms with E-state index in [1.807, 2.05) is 30.3 Å². The Morgan fingerprint density at radius 3 is 1.52 bits per heavy atom. The van der Waals surface area contributed by atoms with Gasteiger partial charge in [0.25, 0.3) is 6.47 Å². The molecule has 0 bridgehead atoms. The fourth-order valence-electron chi connectivity index (χ4n) is 4.24.